The summed E-state index contributed by atoms with van der Waals surface area (Å²) in [5.74, 6) is 0. The quantitative estimate of drug-likeness (QED) is 0.489. The molecule has 0 radical (unpaired) electrons. The molecule has 2 rings (SSSR count). The average Bonchev–Trinajstić information content (AvgIpc) is 2.82. The lowest BCUT2D eigenvalue weighted by Crippen LogP contribution is -2.23. The fourth-order valence-corrected chi connectivity index (χ4v) is 3.83. The third-order valence-electron chi connectivity index (χ3n) is 2.56. The number of nitro groups is 1. The minimum absolute atomic E-state index is 0.0296. The zero-order valence-corrected chi connectivity index (χ0v) is 12.8. The Balaban J connectivity index is 2.26. The average molecular weight is 348 g/mol. The van der Waals surface area contributed by atoms with E-state index in [-0.39, 0.29) is 22.8 Å². The van der Waals surface area contributed by atoms with Crippen molar-refractivity contribution >= 4 is 44.3 Å². The molecular weight excluding hydrogens is 338 g/mol. The predicted octanol–water partition coefficient (Wildman–Crippen LogP) is 2.37. The molecule has 21 heavy (non-hydrogen) atoms. The first-order valence-corrected chi connectivity index (χ1v) is 8.25. The summed E-state index contributed by atoms with van der Waals surface area (Å²) in [5.41, 5.74) is 5.19. The molecule has 0 aliphatic carbocycles. The molecule has 0 unspecified atom stereocenters. The number of hydrogen-bond acceptors (Lipinski definition) is 6. The van der Waals surface area contributed by atoms with Crippen LogP contribution in [-0.4, -0.2) is 13.3 Å². The third-order valence-corrected chi connectivity index (χ3v) is 5.25. The fraction of sp³-hybridized carbons (Fsp3) is 0.0909. The van der Waals surface area contributed by atoms with E-state index in [0.29, 0.717) is 9.21 Å². The lowest BCUT2D eigenvalue weighted by atomic mass is 10.3. The van der Waals surface area contributed by atoms with Crippen molar-refractivity contribution in [1.82, 2.24) is 4.72 Å². The van der Waals surface area contributed by atoms with Crippen LogP contribution in [-0.2, 0) is 16.6 Å². The Bertz CT molecular complexity index is 789. The highest BCUT2D eigenvalue weighted by molar-refractivity contribution is 7.89. The minimum atomic E-state index is -3.95. The van der Waals surface area contributed by atoms with Crippen LogP contribution in [0.2, 0.25) is 4.34 Å². The number of hydrogen-bond donors (Lipinski definition) is 2. The molecule has 0 bridgehead atoms. The van der Waals surface area contributed by atoms with Gasteiger partial charge in [0.15, 0.2) is 0 Å². The van der Waals surface area contributed by atoms with E-state index in [1.807, 2.05) is 0 Å². The summed E-state index contributed by atoms with van der Waals surface area (Å²) >= 11 is 6.99. The summed E-state index contributed by atoms with van der Waals surface area (Å²) in [7, 11) is -3.95. The van der Waals surface area contributed by atoms with E-state index in [4.69, 9.17) is 17.3 Å². The van der Waals surface area contributed by atoms with Gasteiger partial charge in [-0.1, -0.05) is 11.6 Å². The van der Waals surface area contributed by atoms with Crippen LogP contribution in [0.15, 0.2) is 35.2 Å². The van der Waals surface area contributed by atoms with Gasteiger partial charge in [-0.05, 0) is 18.2 Å². The highest BCUT2D eigenvalue weighted by atomic mass is 35.5. The van der Waals surface area contributed by atoms with Crippen LogP contribution in [0.1, 0.15) is 4.88 Å². The highest BCUT2D eigenvalue weighted by Gasteiger charge is 2.21. The van der Waals surface area contributed by atoms with Crippen LogP contribution in [0.3, 0.4) is 0 Å². The molecule has 0 amide bonds. The molecule has 0 saturated heterocycles. The molecule has 0 spiro atoms. The van der Waals surface area contributed by atoms with Crippen LogP contribution >= 0.6 is 22.9 Å². The maximum absolute atomic E-state index is 12.2. The summed E-state index contributed by atoms with van der Waals surface area (Å²) in [6.45, 7) is 0.0296. The first-order valence-electron chi connectivity index (χ1n) is 5.57. The van der Waals surface area contributed by atoms with Gasteiger partial charge < -0.3 is 5.73 Å². The normalized spacial score (nSPS) is 11.5. The molecule has 1 heterocycles. The Morgan fingerprint density at radius 3 is 2.62 bits per heavy atom. The SMILES string of the molecule is Nc1ccc([N+](=O)[O-])cc1S(=O)(=O)NCc1ccc(Cl)s1. The molecule has 0 fully saturated rings. The molecular formula is C11H10ClN3O4S2. The molecule has 0 aliphatic heterocycles. The molecule has 112 valence electrons. The number of anilines is 1. The van der Waals surface area contributed by atoms with Gasteiger partial charge in [0.1, 0.15) is 4.90 Å². The number of nitrogens with zero attached hydrogens (tertiary/aromatic N) is 1. The second-order valence-electron chi connectivity index (χ2n) is 4.01. The molecule has 3 N–H and O–H groups in total. The van der Waals surface area contributed by atoms with E-state index in [9.17, 15) is 18.5 Å². The first kappa shape index (κ1) is 15.7. The summed E-state index contributed by atoms with van der Waals surface area (Å²) in [4.78, 5) is 10.4. The largest absolute Gasteiger partial charge is 0.398 e. The lowest BCUT2D eigenvalue weighted by Gasteiger charge is -2.08. The number of nitrogens with two attached hydrogens (primary N) is 1. The van der Waals surface area contributed by atoms with Crippen molar-refractivity contribution in [2.75, 3.05) is 5.73 Å². The van der Waals surface area contributed by atoms with Crippen molar-refractivity contribution in [3.05, 3.63) is 49.7 Å². The van der Waals surface area contributed by atoms with Gasteiger partial charge in [0, 0.05) is 23.6 Å². The highest BCUT2D eigenvalue weighted by Crippen LogP contribution is 2.25. The number of nitro benzene ring substituents is 1. The fourth-order valence-electron chi connectivity index (χ4n) is 1.56. The van der Waals surface area contributed by atoms with E-state index in [2.05, 4.69) is 4.72 Å². The Morgan fingerprint density at radius 1 is 1.33 bits per heavy atom. The van der Waals surface area contributed by atoms with E-state index >= 15 is 0 Å². The maximum atomic E-state index is 12.2. The lowest BCUT2D eigenvalue weighted by molar-refractivity contribution is -0.385. The molecule has 1 aromatic carbocycles. The third kappa shape index (κ3) is 3.70. The topological polar surface area (TPSA) is 115 Å². The number of rotatable bonds is 5. The Morgan fingerprint density at radius 2 is 2.05 bits per heavy atom. The van der Waals surface area contributed by atoms with Gasteiger partial charge in [0.2, 0.25) is 10.0 Å². The van der Waals surface area contributed by atoms with Crippen molar-refractivity contribution in [3.8, 4) is 0 Å². The molecule has 0 atom stereocenters. The van der Waals surface area contributed by atoms with Crippen molar-refractivity contribution in [2.45, 2.75) is 11.4 Å². The van der Waals surface area contributed by atoms with E-state index in [1.54, 1.807) is 12.1 Å². The van der Waals surface area contributed by atoms with Gasteiger partial charge in [0.05, 0.1) is 14.9 Å². The zero-order chi connectivity index (χ0) is 15.6. The molecule has 7 nitrogen and oxygen atoms in total. The van der Waals surface area contributed by atoms with Crippen molar-refractivity contribution < 1.29 is 13.3 Å². The van der Waals surface area contributed by atoms with Gasteiger partial charge in [0.25, 0.3) is 5.69 Å². The molecule has 10 heteroatoms. The summed E-state index contributed by atoms with van der Waals surface area (Å²) in [6.07, 6.45) is 0. The molecule has 1 aromatic heterocycles. The van der Waals surface area contributed by atoms with E-state index in [1.165, 1.54) is 17.4 Å². The minimum Gasteiger partial charge on any atom is -0.398 e. The van der Waals surface area contributed by atoms with E-state index in [0.717, 1.165) is 12.1 Å². The summed E-state index contributed by atoms with van der Waals surface area (Å²) in [6, 6.07) is 6.60. The zero-order valence-electron chi connectivity index (χ0n) is 10.4. The number of sulfonamides is 1. The second kappa shape index (κ2) is 5.98. The molecule has 2 aromatic rings. The van der Waals surface area contributed by atoms with Crippen molar-refractivity contribution in [3.63, 3.8) is 0 Å². The second-order valence-corrected chi connectivity index (χ2v) is 7.54. The van der Waals surface area contributed by atoms with Crippen molar-refractivity contribution in [1.29, 1.82) is 0 Å². The van der Waals surface area contributed by atoms with Crippen LogP contribution in [0, 0.1) is 10.1 Å². The summed E-state index contributed by atoms with van der Waals surface area (Å²) in [5, 5.41) is 10.7. The number of nitrogen functional groups attached to an aromatic ring is 1. The van der Waals surface area contributed by atoms with Gasteiger partial charge in [-0.2, -0.15) is 0 Å². The number of thiophene rings is 1. The number of nitrogens with one attached hydrogen (secondary N) is 1. The Kier molecular flexibility index (Phi) is 4.47. The van der Waals surface area contributed by atoms with Gasteiger partial charge >= 0.3 is 0 Å². The number of non-ortho nitro benzene ring substituents is 1. The predicted molar refractivity (Wildman–Crippen MR) is 80.9 cm³/mol. The van der Waals surface area contributed by atoms with E-state index < -0.39 is 14.9 Å². The Labute approximate surface area is 129 Å². The van der Waals surface area contributed by atoms with Crippen molar-refractivity contribution in [2.24, 2.45) is 0 Å². The molecule has 0 saturated carbocycles. The van der Waals surface area contributed by atoms with Crippen LogP contribution < -0.4 is 10.5 Å². The van der Waals surface area contributed by atoms with Crippen LogP contribution in [0.5, 0.6) is 0 Å². The summed E-state index contributed by atoms with van der Waals surface area (Å²) < 4.78 is 27.2. The smallest absolute Gasteiger partial charge is 0.270 e. The standard InChI is InChI=1S/C11H10ClN3O4S2/c12-11-4-2-8(20-11)6-14-21(18,19)10-5-7(15(16)17)1-3-9(10)13/h1-5,14H,6,13H2. The molecule has 0 aliphatic rings. The number of benzene rings is 1. The number of halogens is 1. The van der Waals surface area contributed by atoms with Gasteiger partial charge in [-0.15, -0.1) is 11.3 Å². The van der Waals surface area contributed by atoms with Crippen LogP contribution in [0.4, 0.5) is 11.4 Å². The van der Waals surface area contributed by atoms with Gasteiger partial charge in [-0.3, -0.25) is 10.1 Å². The maximum Gasteiger partial charge on any atom is 0.270 e. The van der Waals surface area contributed by atoms with Crippen LogP contribution in [0.25, 0.3) is 0 Å². The van der Waals surface area contributed by atoms with Gasteiger partial charge in [-0.25, -0.2) is 13.1 Å². The Hall–Kier alpha value is -1.68. The first-order chi connectivity index (χ1) is 9.79. The monoisotopic (exact) mass is 347 g/mol.